The van der Waals surface area contributed by atoms with E-state index >= 15 is 0 Å². The summed E-state index contributed by atoms with van der Waals surface area (Å²) in [7, 11) is 0. The third-order valence-corrected chi connectivity index (χ3v) is 3.03. The first kappa shape index (κ1) is 14.3. The van der Waals surface area contributed by atoms with Gasteiger partial charge in [0.15, 0.2) is 6.10 Å². The van der Waals surface area contributed by atoms with Crippen LogP contribution in [-0.2, 0) is 20.7 Å². The van der Waals surface area contributed by atoms with E-state index in [2.05, 4.69) is 0 Å². The summed E-state index contributed by atoms with van der Waals surface area (Å²) in [6.45, 7) is 2.38. The van der Waals surface area contributed by atoms with Crippen LogP contribution in [0.5, 0.6) is 0 Å². The Morgan fingerprint density at radius 1 is 1.45 bits per heavy atom. The third-order valence-electron chi connectivity index (χ3n) is 3.03. The lowest BCUT2D eigenvalue weighted by Crippen LogP contribution is -2.26. The number of nitrogens with two attached hydrogens (primary N) is 1. The van der Waals surface area contributed by atoms with Crippen LogP contribution in [0.4, 0.5) is 10.5 Å². The smallest absolute Gasteiger partial charge is 0.414 e. The predicted molar refractivity (Wildman–Crippen MR) is 73.4 cm³/mol. The average Bonchev–Trinajstić information content (AvgIpc) is 2.79. The molecule has 0 bridgehead atoms. The van der Waals surface area contributed by atoms with E-state index in [1.807, 2.05) is 24.3 Å². The second kappa shape index (κ2) is 6.38. The highest BCUT2D eigenvalue weighted by Gasteiger charge is 2.32. The Morgan fingerprint density at radius 3 is 2.75 bits per heavy atom. The molecule has 0 aliphatic carbocycles. The number of hydrogen-bond acceptors (Lipinski definition) is 5. The molecule has 20 heavy (non-hydrogen) atoms. The molecule has 2 rings (SSSR count). The van der Waals surface area contributed by atoms with Crippen molar-refractivity contribution in [3.63, 3.8) is 0 Å². The molecule has 1 atom stereocenters. The molecule has 6 heteroatoms. The fourth-order valence-electron chi connectivity index (χ4n) is 2.04. The molecule has 1 aliphatic heterocycles. The molecule has 1 heterocycles. The monoisotopic (exact) mass is 278 g/mol. The van der Waals surface area contributed by atoms with Crippen LogP contribution in [0.25, 0.3) is 0 Å². The Hall–Kier alpha value is -2.08. The van der Waals surface area contributed by atoms with Gasteiger partial charge in [-0.15, -0.1) is 0 Å². The van der Waals surface area contributed by atoms with Crippen LogP contribution in [0.2, 0.25) is 0 Å². The Morgan fingerprint density at radius 2 is 2.15 bits per heavy atom. The minimum Gasteiger partial charge on any atom is -0.462 e. The van der Waals surface area contributed by atoms with Crippen LogP contribution in [0.3, 0.4) is 0 Å². The molecule has 0 radical (unpaired) electrons. The molecular weight excluding hydrogens is 260 g/mol. The lowest BCUT2D eigenvalue weighted by atomic mass is 10.1. The summed E-state index contributed by atoms with van der Waals surface area (Å²) in [6.07, 6.45) is -0.0383. The molecule has 1 aromatic carbocycles. The number of esters is 1. The van der Waals surface area contributed by atoms with Crippen molar-refractivity contribution in [1.29, 1.82) is 0 Å². The van der Waals surface area contributed by atoms with Gasteiger partial charge in [-0.05, 0) is 30.7 Å². The summed E-state index contributed by atoms with van der Waals surface area (Å²) in [5, 5.41) is 0. The predicted octanol–water partition coefficient (Wildman–Crippen LogP) is 1.08. The van der Waals surface area contributed by atoms with Gasteiger partial charge in [0.2, 0.25) is 0 Å². The molecule has 0 aromatic heterocycles. The zero-order valence-electron chi connectivity index (χ0n) is 11.4. The van der Waals surface area contributed by atoms with Gasteiger partial charge in [0.25, 0.3) is 0 Å². The third kappa shape index (κ3) is 3.48. The standard InChI is InChI=1S/C14H18N2O4/c1-10(17)19-9-13-8-16(14(18)20-13)12-4-2-11(3-5-12)6-7-15/h2-5,13H,6-9,15H2,1H3. The second-order valence-corrected chi connectivity index (χ2v) is 4.62. The SMILES string of the molecule is CC(=O)OCC1CN(c2ccc(CCN)cc2)C(=O)O1. The molecule has 2 N–H and O–H groups in total. The van der Waals surface area contributed by atoms with Crippen LogP contribution in [-0.4, -0.2) is 37.9 Å². The molecule has 1 unspecified atom stereocenters. The molecule has 1 amide bonds. The Bertz CT molecular complexity index is 486. The van der Waals surface area contributed by atoms with Crippen LogP contribution in [0.15, 0.2) is 24.3 Å². The van der Waals surface area contributed by atoms with Crippen molar-refractivity contribution in [3.8, 4) is 0 Å². The topological polar surface area (TPSA) is 81.9 Å². The van der Waals surface area contributed by atoms with Gasteiger partial charge in [0.05, 0.1) is 6.54 Å². The van der Waals surface area contributed by atoms with E-state index in [0.29, 0.717) is 13.1 Å². The lowest BCUT2D eigenvalue weighted by molar-refractivity contribution is -0.143. The molecule has 1 aliphatic rings. The van der Waals surface area contributed by atoms with Crippen molar-refractivity contribution in [2.24, 2.45) is 5.73 Å². The summed E-state index contributed by atoms with van der Waals surface area (Å²) in [6, 6.07) is 7.60. The molecule has 108 valence electrons. The maximum absolute atomic E-state index is 11.8. The first-order valence-electron chi connectivity index (χ1n) is 6.50. The summed E-state index contributed by atoms with van der Waals surface area (Å²) in [4.78, 5) is 24.1. The number of cyclic esters (lactones) is 1. The second-order valence-electron chi connectivity index (χ2n) is 4.62. The van der Waals surface area contributed by atoms with E-state index in [1.54, 1.807) is 0 Å². The highest BCUT2D eigenvalue weighted by Crippen LogP contribution is 2.22. The van der Waals surface area contributed by atoms with Crippen LogP contribution >= 0.6 is 0 Å². The van der Waals surface area contributed by atoms with E-state index in [-0.39, 0.29) is 12.6 Å². The fraction of sp³-hybridized carbons (Fsp3) is 0.429. The quantitative estimate of drug-likeness (QED) is 0.815. The zero-order valence-corrected chi connectivity index (χ0v) is 11.4. The van der Waals surface area contributed by atoms with Gasteiger partial charge < -0.3 is 15.2 Å². The normalized spacial score (nSPS) is 18.0. The Labute approximate surface area is 117 Å². The van der Waals surface area contributed by atoms with Crippen molar-refractivity contribution in [3.05, 3.63) is 29.8 Å². The fourth-order valence-corrected chi connectivity index (χ4v) is 2.04. The van der Waals surface area contributed by atoms with Gasteiger partial charge in [-0.1, -0.05) is 12.1 Å². The van der Waals surface area contributed by atoms with Crippen LogP contribution < -0.4 is 10.6 Å². The molecule has 0 spiro atoms. The average molecular weight is 278 g/mol. The van der Waals surface area contributed by atoms with Gasteiger partial charge in [-0.2, -0.15) is 0 Å². The summed E-state index contributed by atoms with van der Waals surface area (Å²) < 4.78 is 10.00. The van der Waals surface area contributed by atoms with Crippen LogP contribution in [0.1, 0.15) is 12.5 Å². The molecule has 1 aromatic rings. The summed E-state index contributed by atoms with van der Waals surface area (Å²) in [5.41, 5.74) is 7.38. The number of nitrogens with zero attached hydrogens (tertiary/aromatic N) is 1. The number of carbonyl (C=O) groups excluding carboxylic acids is 2. The summed E-state index contributed by atoms with van der Waals surface area (Å²) in [5.74, 6) is -0.384. The highest BCUT2D eigenvalue weighted by atomic mass is 16.6. The lowest BCUT2D eigenvalue weighted by Gasteiger charge is -2.13. The van der Waals surface area contributed by atoms with E-state index < -0.39 is 12.2 Å². The van der Waals surface area contributed by atoms with Crippen molar-refractivity contribution in [2.45, 2.75) is 19.4 Å². The molecule has 1 saturated heterocycles. The van der Waals surface area contributed by atoms with Gasteiger partial charge in [-0.3, -0.25) is 9.69 Å². The number of ether oxygens (including phenoxy) is 2. The Balaban J connectivity index is 1.98. The number of carbonyl (C=O) groups is 2. The number of rotatable bonds is 5. The summed E-state index contributed by atoms with van der Waals surface area (Å²) >= 11 is 0. The van der Waals surface area contributed by atoms with Crippen molar-refractivity contribution < 1.29 is 19.1 Å². The van der Waals surface area contributed by atoms with E-state index in [9.17, 15) is 9.59 Å². The van der Waals surface area contributed by atoms with Gasteiger partial charge in [-0.25, -0.2) is 4.79 Å². The highest BCUT2D eigenvalue weighted by molar-refractivity contribution is 5.89. The number of hydrogen-bond donors (Lipinski definition) is 1. The van der Waals surface area contributed by atoms with Crippen molar-refractivity contribution in [2.75, 3.05) is 24.6 Å². The van der Waals surface area contributed by atoms with E-state index in [0.717, 1.165) is 17.7 Å². The number of anilines is 1. The Kier molecular flexibility index (Phi) is 4.57. The van der Waals surface area contributed by atoms with Crippen molar-refractivity contribution >= 4 is 17.7 Å². The molecular formula is C14H18N2O4. The van der Waals surface area contributed by atoms with Gasteiger partial charge in [0.1, 0.15) is 6.61 Å². The van der Waals surface area contributed by atoms with E-state index in [1.165, 1.54) is 11.8 Å². The van der Waals surface area contributed by atoms with Gasteiger partial charge >= 0.3 is 12.1 Å². The maximum atomic E-state index is 11.8. The van der Waals surface area contributed by atoms with Crippen molar-refractivity contribution in [1.82, 2.24) is 0 Å². The molecule has 1 fully saturated rings. The number of benzene rings is 1. The molecule has 6 nitrogen and oxygen atoms in total. The van der Waals surface area contributed by atoms with Gasteiger partial charge in [0, 0.05) is 12.6 Å². The first-order valence-corrected chi connectivity index (χ1v) is 6.50. The minimum atomic E-state index is -0.422. The zero-order chi connectivity index (χ0) is 14.5. The maximum Gasteiger partial charge on any atom is 0.414 e. The van der Waals surface area contributed by atoms with Crippen LogP contribution in [0, 0.1) is 0 Å². The van der Waals surface area contributed by atoms with E-state index in [4.69, 9.17) is 15.2 Å². The number of amides is 1. The largest absolute Gasteiger partial charge is 0.462 e. The minimum absolute atomic E-state index is 0.0861. The molecule has 0 saturated carbocycles. The first-order chi connectivity index (χ1) is 9.60.